The third-order valence-electron chi connectivity index (χ3n) is 5.65. The van der Waals surface area contributed by atoms with Gasteiger partial charge in [0.15, 0.2) is 0 Å². The highest BCUT2D eigenvalue weighted by Crippen LogP contribution is 2.28. The fraction of sp³-hybridized carbons (Fsp3) is 0.545. The van der Waals surface area contributed by atoms with Crippen molar-refractivity contribution in [2.45, 2.75) is 43.7 Å². The summed E-state index contributed by atoms with van der Waals surface area (Å²) in [6.45, 7) is 2.23. The van der Waals surface area contributed by atoms with E-state index in [9.17, 15) is 13.2 Å². The van der Waals surface area contributed by atoms with E-state index in [1.165, 1.54) is 17.7 Å². The van der Waals surface area contributed by atoms with Crippen LogP contribution >= 0.6 is 0 Å². The van der Waals surface area contributed by atoms with Crippen molar-refractivity contribution in [3.05, 3.63) is 48.0 Å². The molecule has 5 N–H and O–H groups in total. The number of alkyl halides is 3. The standard InChI is InChI=1S/C12H16F3N3.C10H15N3/c13-12(14,15)8-18-5-1-2-9(7-18)11-6-10(16)3-4-17-11;11-9-3-5-13-10(6-9)8-2-1-4-12-7-8/h3-4,6,9H,1-2,5,7-8H2,(H2,16,17);3,5-6,8,12H,1-2,4,7H2,(H2,11,13). The summed E-state index contributed by atoms with van der Waals surface area (Å²) in [7, 11) is 0. The van der Waals surface area contributed by atoms with Gasteiger partial charge in [0.2, 0.25) is 0 Å². The third kappa shape index (κ3) is 7.66. The molecule has 2 aliphatic rings. The SMILES string of the molecule is Nc1ccnc(C2CCCN(CC(F)(F)F)C2)c1.Nc1ccnc(C2CCCNC2)c1. The Balaban J connectivity index is 0.000000185. The number of nitrogen functional groups attached to an aromatic ring is 2. The minimum Gasteiger partial charge on any atom is -0.399 e. The summed E-state index contributed by atoms with van der Waals surface area (Å²) in [6, 6.07) is 7.25. The molecule has 0 radical (unpaired) electrons. The first-order valence-corrected chi connectivity index (χ1v) is 10.7. The summed E-state index contributed by atoms with van der Waals surface area (Å²) in [5.41, 5.74) is 14.7. The molecule has 2 fully saturated rings. The lowest BCUT2D eigenvalue weighted by Crippen LogP contribution is -2.40. The predicted octanol–water partition coefficient (Wildman–Crippen LogP) is 3.54. The first kappa shape index (κ1) is 23.3. The average molecular weight is 437 g/mol. The van der Waals surface area contributed by atoms with Crippen molar-refractivity contribution in [2.24, 2.45) is 0 Å². The van der Waals surface area contributed by atoms with Crippen molar-refractivity contribution in [1.29, 1.82) is 0 Å². The molecular formula is C22H31F3N6. The summed E-state index contributed by atoms with van der Waals surface area (Å²) in [6.07, 6.45) is 3.35. The molecule has 4 heterocycles. The fourth-order valence-corrected chi connectivity index (χ4v) is 4.18. The van der Waals surface area contributed by atoms with Crippen LogP contribution in [-0.2, 0) is 0 Å². The lowest BCUT2D eigenvalue weighted by atomic mass is 9.94. The van der Waals surface area contributed by atoms with Crippen molar-refractivity contribution in [3.8, 4) is 0 Å². The maximum absolute atomic E-state index is 12.4. The van der Waals surface area contributed by atoms with Crippen LogP contribution in [0.25, 0.3) is 0 Å². The maximum Gasteiger partial charge on any atom is 0.401 e. The largest absolute Gasteiger partial charge is 0.401 e. The monoisotopic (exact) mass is 436 g/mol. The molecule has 0 aromatic carbocycles. The van der Waals surface area contributed by atoms with E-state index in [0.29, 0.717) is 24.7 Å². The zero-order valence-corrected chi connectivity index (χ0v) is 17.6. The molecule has 2 saturated heterocycles. The topological polar surface area (TPSA) is 93.1 Å². The van der Waals surface area contributed by atoms with E-state index in [1.807, 2.05) is 12.1 Å². The van der Waals surface area contributed by atoms with Crippen LogP contribution in [0, 0.1) is 0 Å². The number of nitrogens with one attached hydrogen (secondary N) is 1. The van der Waals surface area contributed by atoms with E-state index in [1.54, 1.807) is 24.5 Å². The molecule has 0 aliphatic carbocycles. The molecule has 9 heteroatoms. The number of nitrogens with zero attached hydrogens (tertiary/aromatic N) is 3. The summed E-state index contributed by atoms with van der Waals surface area (Å²) in [4.78, 5) is 9.99. The second-order valence-electron chi connectivity index (χ2n) is 8.26. The Hall–Kier alpha value is -2.39. The van der Waals surface area contributed by atoms with E-state index >= 15 is 0 Å². The number of halogens is 3. The van der Waals surface area contributed by atoms with Crippen molar-refractivity contribution in [2.75, 3.05) is 44.2 Å². The van der Waals surface area contributed by atoms with Gasteiger partial charge >= 0.3 is 6.18 Å². The maximum atomic E-state index is 12.4. The molecule has 2 unspecified atom stereocenters. The zero-order chi connectivity index (χ0) is 22.3. The van der Waals surface area contributed by atoms with Gasteiger partial charge in [-0.15, -0.1) is 0 Å². The Bertz CT molecular complexity index is 823. The van der Waals surface area contributed by atoms with Crippen molar-refractivity contribution in [3.63, 3.8) is 0 Å². The van der Waals surface area contributed by atoms with Crippen molar-refractivity contribution < 1.29 is 13.2 Å². The van der Waals surface area contributed by atoms with Gasteiger partial charge in [-0.3, -0.25) is 14.9 Å². The molecule has 4 rings (SSSR count). The van der Waals surface area contributed by atoms with Crippen LogP contribution in [0.15, 0.2) is 36.7 Å². The number of piperidine rings is 2. The molecule has 0 bridgehead atoms. The Labute approximate surface area is 181 Å². The average Bonchev–Trinajstić information content (AvgIpc) is 2.74. The lowest BCUT2D eigenvalue weighted by Gasteiger charge is -2.32. The molecule has 31 heavy (non-hydrogen) atoms. The van der Waals surface area contributed by atoms with E-state index < -0.39 is 12.7 Å². The number of aromatic nitrogens is 2. The van der Waals surface area contributed by atoms with Gasteiger partial charge < -0.3 is 16.8 Å². The van der Waals surface area contributed by atoms with Gasteiger partial charge in [-0.05, 0) is 63.0 Å². The molecule has 2 aromatic rings. The lowest BCUT2D eigenvalue weighted by molar-refractivity contribution is -0.148. The smallest absolute Gasteiger partial charge is 0.399 e. The second kappa shape index (κ2) is 10.8. The van der Waals surface area contributed by atoms with Gasteiger partial charge in [-0.25, -0.2) is 0 Å². The van der Waals surface area contributed by atoms with Crippen LogP contribution in [0.4, 0.5) is 24.5 Å². The van der Waals surface area contributed by atoms with Gasteiger partial charge in [0, 0.05) is 60.1 Å². The highest BCUT2D eigenvalue weighted by atomic mass is 19.4. The van der Waals surface area contributed by atoms with E-state index in [4.69, 9.17) is 11.5 Å². The molecule has 2 atom stereocenters. The molecule has 2 aliphatic heterocycles. The van der Waals surface area contributed by atoms with Crippen LogP contribution in [0.1, 0.15) is 48.9 Å². The number of likely N-dealkylation sites (tertiary alicyclic amines) is 1. The van der Waals surface area contributed by atoms with Crippen molar-refractivity contribution >= 4 is 11.4 Å². The van der Waals surface area contributed by atoms with Crippen molar-refractivity contribution in [1.82, 2.24) is 20.2 Å². The first-order chi connectivity index (χ1) is 14.8. The number of pyridine rings is 2. The van der Waals surface area contributed by atoms with Crippen LogP contribution in [0.5, 0.6) is 0 Å². The molecule has 0 spiro atoms. The summed E-state index contributed by atoms with van der Waals surface area (Å²) >= 11 is 0. The Kier molecular flexibility index (Phi) is 8.09. The quantitative estimate of drug-likeness (QED) is 0.682. The molecule has 0 amide bonds. The first-order valence-electron chi connectivity index (χ1n) is 10.7. The summed E-state index contributed by atoms with van der Waals surface area (Å²) in [5, 5.41) is 3.37. The van der Waals surface area contributed by atoms with Gasteiger partial charge in [0.05, 0.1) is 6.54 Å². The highest BCUT2D eigenvalue weighted by molar-refractivity contribution is 5.39. The van der Waals surface area contributed by atoms with Gasteiger partial charge in [0.1, 0.15) is 0 Å². The number of rotatable bonds is 3. The van der Waals surface area contributed by atoms with E-state index in [-0.39, 0.29) is 5.92 Å². The zero-order valence-electron chi connectivity index (χ0n) is 17.6. The molecule has 170 valence electrons. The number of anilines is 2. The van der Waals surface area contributed by atoms with Gasteiger partial charge in [-0.1, -0.05) is 0 Å². The number of hydrogen-bond acceptors (Lipinski definition) is 6. The van der Waals surface area contributed by atoms with Crippen LogP contribution in [0.2, 0.25) is 0 Å². The highest BCUT2D eigenvalue weighted by Gasteiger charge is 2.33. The Morgan fingerprint density at radius 1 is 0.968 bits per heavy atom. The minimum absolute atomic E-state index is 0.0459. The van der Waals surface area contributed by atoms with Crippen LogP contribution in [-0.4, -0.2) is 53.8 Å². The minimum atomic E-state index is -4.13. The van der Waals surface area contributed by atoms with E-state index in [2.05, 4.69) is 15.3 Å². The molecule has 0 saturated carbocycles. The predicted molar refractivity (Wildman–Crippen MR) is 117 cm³/mol. The number of hydrogen-bond donors (Lipinski definition) is 3. The summed E-state index contributed by atoms with van der Waals surface area (Å²) in [5.74, 6) is 0.599. The normalized spacial score (nSPS) is 22.4. The van der Waals surface area contributed by atoms with E-state index in [0.717, 1.165) is 43.0 Å². The summed E-state index contributed by atoms with van der Waals surface area (Å²) < 4.78 is 37.1. The molecule has 2 aromatic heterocycles. The van der Waals surface area contributed by atoms with Gasteiger partial charge in [-0.2, -0.15) is 13.2 Å². The van der Waals surface area contributed by atoms with Gasteiger partial charge in [0.25, 0.3) is 0 Å². The molecular weight excluding hydrogens is 405 g/mol. The second-order valence-corrected chi connectivity index (χ2v) is 8.26. The Morgan fingerprint density at radius 2 is 1.58 bits per heavy atom. The third-order valence-corrected chi connectivity index (χ3v) is 5.65. The Morgan fingerprint density at radius 3 is 2.13 bits per heavy atom. The number of nitrogens with two attached hydrogens (primary N) is 2. The fourth-order valence-electron chi connectivity index (χ4n) is 4.18. The molecule has 6 nitrogen and oxygen atoms in total. The van der Waals surface area contributed by atoms with Crippen LogP contribution < -0.4 is 16.8 Å². The van der Waals surface area contributed by atoms with Crippen LogP contribution in [0.3, 0.4) is 0 Å².